The number of carbonyl (C=O) groups is 1. The van der Waals surface area contributed by atoms with E-state index in [4.69, 9.17) is 22.1 Å². The lowest BCUT2D eigenvalue weighted by atomic mass is 10.0. The van der Waals surface area contributed by atoms with Crippen LogP contribution >= 0.6 is 23.5 Å². The Bertz CT molecular complexity index is 1230. The number of nitrogens with zero attached hydrogens (tertiary/aromatic N) is 3. The van der Waals surface area contributed by atoms with Crippen molar-refractivity contribution in [2.45, 2.75) is 37.0 Å². The topological polar surface area (TPSA) is 101 Å². The van der Waals surface area contributed by atoms with E-state index < -0.39 is 11.7 Å². The molecule has 1 aliphatic rings. The lowest BCUT2D eigenvalue weighted by Crippen LogP contribution is -2.49. The lowest BCUT2D eigenvalue weighted by Gasteiger charge is -2.39. The summed E-state index contributed by atoms with van der Waals surface area (Å²) in [4.78, 5) is 15.7. The largest absolute Gasteiger partial charge is 0.416 e. The highest BCUT2D eigenvalue weighted by Crippen LogP contribution is 2.34. The van der Waals surface area contributed by atoms with Gasteiger partial charge in [-0.1, -0.05) is 41.9 Å². The molecule has 4 rings (SSSR count). The highest BCUT2D eigenvalue weighted by atomic mass is 35.5. The van der Waals surface area contributed by atoms with Crippen molar-refractivity contribution in [1.82, 2.24) is 14.6 Å². The maximum atomic E-state index is 13.2. The number of hydrogen-bond acceptors (Lipinski definition) is 7. The van der Waals surface area contributed by atoms with Crippen molar-refractivity contribution >= 4 is 35.8 Å². The molecule has 5 N–H and O–H groups in total. The fourth-order valence-electron chi connectivity index (χ4n) is 4.26. The standard InChI is InChI=1S/C27H31ClF3N5S.CH3NO/c1-19-18-35(26-16-23(27(29,30)31)15-25(28)34-26)12-13-36(19)37-24-8-6-21(7-9-24)22-5-2-4-20(14-22)17-33-11-3-10-32;2-1-3/h2,4-9,14-16,19,33H,3,10-13,17-18,32H2,1H3;1H,(H2,2,3). The maximum absolute atomic E-state index is 13.2. The zero-order chi connectivity index (χ0) is 29.1. The molecule has 0 bridgehead atoms. The maximum Gasteiger partial charge on any atom is 0.416 e. The summed E-state index contributed by atoms with van der Waals surface area (Å²) in [7, 11) is 0. The first-order valence-corrected chi connectivity index (χ1v) is 14.0. The van der Waals surface area contributed by atoms with Gasteiger partial charge >= 0.3 is 6.18 Å². The number of piperazine rings is 1. The van der Waals surface area contributed by atoms with Gasteiger partial charge in [0.15, 0.2) is 0 Å². The van der Waals surface area contributed by atoms with Crippen LogP contribution in [-0.4, -0.2) is 54.5 Å². The molecule has 216 valence electrons. The summed E-state index contributed by atoms with van der Waals surface area (Å²) in [6.45, 7) is 6.28. The van der Waals surface area contributed by atoms with E-state index in [0.29, 0.717) is 26.2 Å². The quantitative estimate of drug-likeness (QED) is 0.136. The molecule has 0 saturated carbocycles. The molecule has 7 nitrogen and oxygen atoms in total. The number of hydrogen-bond donors (Lipinski definition) is 3. The number of carbonyl (C=O) groups excluding carboxylic acids is 1. The molecule has 0 spiro atoms. The monoisotopic (exact) mass is 594 g/mol. The number of nitrogens with one attached hydrogen (secondary N) is 1. The summed E-state index contributed by atoms with van der Waals surface area (Å²) in [5, 5.41) is 3.26. The Balaban J connectivity index is 0.00000141. The molecule has 2 heterocycles. The number of anilines is 1. The second kappa shape index (κ2) is 15.2. The molecule has 0 radical (unpaired) electrons. The number of nitrogens with two attached hydrogens (primary N) is 2. The first-order chi connectivity index (χ1) is 19.1. The number of rotatable bonds is 9. The fourth-order valence-corrected chi connectivity index (χ4v) is 5.41. The summed E-state index contributed by atoms with van der Waals surface area (Å²) in [5.74, 6) is 0.262. The second-order valence-corrected chi connectivity index (χ2v) is 10.8. The van der Waals surface area contributed by atoms with Crippen LogP contribution in [0.25, 0.3) is 11.1 Å². The van der Waals surface area contributed by atoms with Crippen molar-refractivity contribution in [2.75, 3.05) is 37.6 Å². The van der Waals surface area contributed by atoms with E-state index in [1.54, 1.807) is 11.9 Å². The highest BCUT2D eigenvalue weighted by Gasteiger charge is 2.33. The second-order valence-electron chi connectivity index (χ2n) is 9.24. The number of halogens is 4. The molecule has 1 unspecified atom stereocenters. The smallest absolute Gasteiger partial charge is 0.372 e. The number of amides is 1. The Kier molecular flexibility index (Phi) is 12.1. The fraction of sp³-hybridized carbons (Fsp3) is 0.357. The van der Waals surface area contributed by atoms with Crippen LogP contribution in [-0.2, 0) is 17.5 Å². The molecule has 12 heteroatoms. The number of benzene rings is 2. The molecule has 1 aliphatic heterocycles. The average Bonchev–Trinajstić information content (AvgIpc) is 2.92. The Labute approximate surface area is 242 Å². The van der Waals surface area contributed by atoms with Crippen LogP contribution < -0.4 is 21.7 Å². The molecule has 1 atom stereocenters. The van der Waals surface area contributed by atoms with Gasteiger partial charge in [-0.3, -0.25) is 4.79 Å². The summed E-state index contributed by atoms with van der Waals surface area (Å²) in [6.07, 6.45) is -3.25. The Morgan fingerprint density at radius 1 is 1.12 bits per heavy atom. The zero-order valence-corrected chi connectivity index (χ0v) is 23.8. The number of primary amides is 1. The van der Waals surface area contributed by atoms with Crippen LogP contribution in [0.4, 0.5) is 19.0 Å². The van der Waals surface area contributed by atoms with Gasteiger partial charge in [-0.25, -0.2) is 9.29 Å². The predicted molar refractivity (Wildman–Crippen MR) is 156 cm³/mol. The summed E-state index contributed by atoms with van der Waals surface area (Å²) in [5.41, 5.74) is 12.5. The first-order valence-electron chi connectivity index (χ1n) is 12.8. The van der Waals surface area contributed by atoms with E-state index >= 15 is 0 Å². The molecule has 2 aromatic carbocycles. The van der Waals surface area contributed by atoms with Crippen LogP contribution in [0.5, 0.6) is 0 Å². The van der Waals surface area contributed by atoms with E-state index in [-0.39, 0.29) is 23.4 Å². The minimum atomic E-state index is -4.46. The summed E-state index contributed by atoms with van der Waals surface area (Å²) in [6, 6.07) is 19.0. The molecular formula is C28H34ClF3N6OS. The van der Waals surface area contributed by atoms with E-state index in [0.717, 1.165) is 42.1 Å². The van der Waals surface area contributed by atoms with Gasteiger partial charge in [0.2, 0.25) is 6.41 Å². The van der Waals surface area contributed by atoms with Gasteiger partial charge in [0, 0.05) is 37.1 Å². The Morgan fingerprint density at radius 3 is 2.50 bits per heavy atom. The molecule has 3 aromatic rings. The lowest BCUT2D eigenvalue weighted by molar-refractivity contribution is -0.137. The van der Waals surface area contributed by atoms with Crippen LogP contribution in [0.2, 0.25) is 5.15 Å². The van der Waals surface area contributed by atoms with Crippen molar-refractivity contribution in [1.29, 1.82) is 0 Å². The van der Waals surface area contributed by atoms with E-state index in [1.165, 1.54) is 11.1 Å². The third-order valence-corrected chi connectivity index (χ3v) is 7.68. The first kappa shape index (κ1) is 31.7. The van der Waals surface area contributed by atoms with E-state index in [9.17, 15) is 13.2 Å². The molecule has 0 aliphatic carbocycles. The summed E-state index contributed by atoms with van der Waals surface area (Å²) >= 11 is 7.55. The van der Waals surface area contributed by atoms with Crippen molar-refractivity contribution in [3.05, 3.63) is 76.9 Å². The predicted octanol–water partition coefficient (Wildman–Crippen LogP) is 5.18. The van der Waals surface area contributed by atoms with Gasteiger partial charge in [-0.15, -0.1) is 0 Å². The van der Waals surface area contributed by atoms with Gasteiger partial charge in [-0.2, -0.15) is 13.2 Å². The number of pyridine rings is 1. The molecule has 40 heavy (non-hydrogen) atoms. The van der Waals surface area contributed by atoms with Crippen molar-refractivity contribution in [3.63, 3.8) is 0 Å². The summed E-state index contributed by atoms with van der Waals surface area (Å²) < 4.78 is 41.9. The molecule has 1 fully saturated rings. The minimum absolute atomic E-state index is 0.108. The Hall–Kier alpha value is -2.83. The number of alkyl halides is 3. The zero-order valence-electron chi connectivity index (χ0n) is 22.2. The van der Waals surface area contributed by atoms with Crippen molar-refractivity contribution in [2.24, 2.45) is 11.5 Å². The molecule has 1 saturated heterocycles. The number of aromatic nitrogens is 1. The SMILES string of the molecule is CC1CN(c2cc(C(F)(F)F)cc(Cl)n2)CCN1Sc1ccc(-c2cccc(CNCCCN)c2)cc1.NC=O. The Morgan fingerprint density at radius 2 is 1.85 bits per heavy atom. The van der Waals surface area contributed by atoms with E-state index in [2.05, 4.69) is 75.8 Å². The van der Waals surface area contributed by atoms with Crippen LogP contribution in [0.1, 0.15) is 24.5 Å². The van der Waals surface area contributed by atoms with Gasteiger partial charge in [0.1, 0.15) is 11.0 Å². The third-order valence-electron chi connectivity index (χ3n) is 6.22. The molecule has 1 aromatic heterocycles. The van der Waals surface area contributed by atoms with Crippen LogP contribution in [0, 0.1) is 0 Å². The van der Waals surface area contributed by atoms with Crippen LogP contribution in [0.15, 0.2) is 65.6 Å². The van der Waals surface area contributed by atoms with Gasteiger partial charge in [0.25, 0.3) is 0 Å². The van der Waals surface area contributed by atoms with Crippen molar-refractivity contribution in [3.8, 4) is 11.1 Å². The van der Waals surface area contributed by atoms with Gasteiger partial charge < -0.3 is 21.7 Å². The average molecular weight is 595 g/mol. The minimum Gasteiger partial charge on any atom is -0.372 e. The van der Waals surface area contributed by atoms with Crippen LogP contribution in [0.3, 0.4) is 0 Å². The normalized spacial score (nSPS) is 15.8. The van der Waals surface area contributed by atoms with Crippen molar-refractivity contribution < 1.29 is 18.0 Å². The van der Waals surface area contributed by atoms with E-state index in [1.807, 2.05) is 4.90 Å². The highest BCUT2D eigenvalue weighted by molar-refractivity contribution is 7.97. The third kappa shape index (κ3) is 9.38. The molecular weight excluding hydrogens is 561 g/mol. The molecule has 1 amide bonds. The van der Waals surface area contributed by atoms with Gasteiger partial charge in [0.05, 0.1) is 5.56 Å². The van der Waals surface area contributed by atoms with Gasteiger partial charge in [-0.05, 0) is 85.4 Å².